The molecule has 0 fully saturated rings. The smallest absolute Gasteiger partial charge is 0.289 e. The fourth-order valence-electron chi connectivity index (χ4n) is 2.63. The minimum Gasteiger partial charge on any atom is -0.343 e. The first kappa shape index (κ1) is 13.7. The monoisotopic (exact) mass is 285 g/mol. The molecule has 6 nitrogen and oxygen atoms in total. The molecule has 1 aliphatic heterocycles. The summed E-state index contributed by atoms with van der Waals surface area (Å²) in [7, 11) is 0. The van der Waals surface area contributed by atoms with Gasteiger partial charge in [0.2, 0.25) is 5.82 Å². The maximum Gasteiger partial charge on any atom is 0.289 e. The summed E-state index contributed by atoms with van der Waals surface area (Å²) in [6, 6.07) is 3.70. The Labute approximate surface area is 123 Å². The van der Waals surface area contributed by atoms with E-state index in [2.05, 4.69) is 20.5 Å². The van der Waals surface area contributed by atoms with Crippen LogP contribution >= 0.6 is 0 Å². The molecule has 0 spiro atoms. The lowest BCUT2D eigenvalue weighted by atomic mass is 10.1. The Kier molecular flexibility index (Phi) is 3.94. The van der Waals surface area contributed by atoms with Gasteiger partial charge in [-0.15, -0.1) is 10.2 Å². The van der Waals surface area contributed by atoms with Gasteiger partial charge in [-0.2, -0.15) is 0 Å². The van der Waals surface area contributed by atoms with Gasteiger partial charge in [0.05, 0.1) is 6.04 Å². The van der Waals surface area contributed by atoms with Crippen molar-refractivity contribution in [3.63, 3.8) is 0 Å². The first-order valence-electron chi connectivity index (χ1n) is 7.38. The number of rotatable bonds is 3. The van der Waals surface area contributed by atoms with Crippen LogP contribution in [0.3, 0.4) is 0 Å². The van der Waals surface area contributed by atoms with Gasteiger partial charge in [0, 0.05) is 25.4 Å². The maximum absolute atomic E-state index is 12.4. The molecule has 2 aromatic heterocycles. The Morgan fingerprint density at radius 2 is 2.24 bits per heavy atom. The second kappa shape index (κ2) is 6.03. The molecular weight excluding hydrogens is 266 g/mol. The first-order valence-corrected chi connectivity index (χ1v) is 7.38. The molecule has 0 aliphatic carbocycles. The minimum atomic E-state index is -0.174. The van der Waals surface area contributed by atoms with Crippen molar-refractivity contribution in [2.45, 2.75) is 45.2 Å². The standard InChI is InChI=1S/C15H19N5O/c1-11(12-6-5-8-16-10-12)17-15(21)14-19-18-13-7-3-2-4-9-20(13)14/h5-6,8,10-11H,2-4,7,9H2,1H3,(H,17,21). The topological polar surface area (TPSA) is 72.7 Å². The highest BCUT2D eigenvalue weighted by Crippen LogP contribution is 2.16. The number of fused-ring (bicyclic) bond motifs is 1. The number of hydrogen-bond donors (Lipinski definition) is 1. The third kappa shape index (κ3) is 2.94. The number of aromatic nitrogens is 4. The van der Waals surface area contributed by atoms with E-state index in [9.17, 15) is 4.79 Å². The number of amides is 1. The molecule has 1 aliphatic rings. The third-order valence-electron chi connectivity index (χ3n) is 3.84. The summed E-state index contributed by atoms with van der Waals surface area (Å²) in [5.74, 6) is 1.17. The van der Waals surface area contributed by atoms with E-state index in [1.807, 2.05) is 23.6 Å². The number of pyridine rings is 1. The van der Waals surface area contributed by atoms with Crippen LogP contribution in [0.2, 0.25) is 0 Å². The van der Waals surface area contributed by atoms with Gasteiger partial charge in [-0.3, -0.25) is 9.78 Å². The van der Waals surface area contributed by atoms with Crippen LogP contribution in [0.15, 0.2) is 24.5 Å². The zero-order valence-corrected chi connectivity index (χ0v) is 12.1. The summed E-state index contributed by atoms with van der Waals surface area (Å²) in [4.78, 5) is 16.5. The van der Waals surface area contributed by atoms with E-state index in [1.54, 1.807) is 12.4 Å². The van der Waals surface area contributed by atoms with Gasteiger partial charge in [-0.25, -0.2) is 0 Å². The molecule has 6 heteroatoms. The minimum absolute atomic E-state index is 0.107. The Balaban J connectivity index is 1.75. The molecule has 0 radical (unpaired) electrons. The van der Waals surface area contributed by atoms with Gasteiger partial charge < -0.3 is 9.88 Å². The summed E-state index contributed by atoms with van der Waals surface area (Å²) in [6.45, 7) is 2.76. The van der Waals surface area contributed by atoms with Gasteiger partial charge in [0.15, 0.2) is 0 Å². The molecule has 3 heterocycles. The lowest BCUT2D eigenvalue weighted by molar-refractivity contribution is 0.0924. The van der Waals surface area contributed by atoms with Gasteiger partial charge >= 0.3 is 0 Å². The van der Waals surface area contributed by atoms with Crippen molar-refractivity contribution in [3.05, 3.63) is 41.7 Å². The van der Waals surface area contributed by atoms with Crippen molar-refractivity contribution in [1.82, 2.24) is 25.1 Å². The number of aryl methyl sites for hydroxylation is 1. The van der Waals surface area contributed by atoms with Crippen LogP contribution < -0.4 is 5.32 Å². The zero-order chi connectivity index (χ0) is 14.7. The van der Waals surface area contributed by atoms with Gasteiger partial charge in [-0.05, 0) is 31.4 Å². The highest BCUT2D eigenvalue weighted by atomic mass is 16.2. The zero-order valence-electron chi connectivity index (χ0n) is 12.1. The number of carbonyl (C=O) groups excluding carboxylic acids is 1. The molecule has 0 saturated heterocycles. The average molecular weight is 285 g/mol. The summed E-state index contributed by atoms with van der Waals surface area (Å²) in [5, 5.41) is 11.2. The molecule has 2 aromatic rings. The van der Waals surface area contributed by atoms with E-state index < -0.39 is 0 Å². The predicted molar refractivity (Wildman–Crippen MR) is 77.7 cm³/mol. The normalized spacial score (nSPS) is 15.9. The summed E-state index contributed by atoms with van der Waals surface area (Å²) in [5.41, 5.74) is 0.974. The second-order valence-corrected chi connectivity index (χ2v) is 5.38. The van der Waals surface area contributed by atoms with Crippen LogP contribution in [0.4, 0.5) is 0 Å². The fraction of sp³-hybridized carbons (Fsp3) is 0.467. The van der Waals surface area contributed by atoms with Crippen molar-refractivity contribution in [2.75, 3.05) is 0 Å². The lowest BCUT2D eigenvalue weighted by Gasteiger charge is -2.14. The number of nitrogens with zero attached hydrogens (tertiary/aromatic N) is 4. The molecule has 1 N–H and O–H groups in total. The van der Waals surface area contributed by atoms with Crippen molar-refractivity contribution >= 4 is 5.91 Å². The molecule has 1 amide bonds. The first-order chi connectivity index (χ1) is 10.3. The van der Waals surface area contributed by atoms with E-state index in [0.717, 1.165) is 37.2 Å². The van der Waals surface area contributed by atoms with Crippen LogP contribution in [0, 0.1) is 0 Å². The van der Waals surface area contributed by atoms with E-state index in [0.29, 0.717) is 5.82 Å². The van der Waals surface area contributed by atoms with Crippen molar-refractivity contribution in [3.8, 4) is 0 Å². The second-order valence-electron chi connectivity index (χ2n) is 5.38. The van der Waals surface area contributed by atoms with Crippen LogP contribution in [0.1, 0.15) is 54.2 Å². The van der Waals surface area contributed by atoms with Crippen molar-refractivity contribution in [1.29, 1.82) is 0 Å². The Morgan fingerprint density at radius 3 is 3.05 bits per heavy atom. The quantitative estimate of drug-likeness (QED) is 0.934. The van der Waals surface area contributed by atoms with E-state index >= 15 is 0 Å². The molecule has 1 unspecified atom stereocenters. The molecule has 3 rings (SSSR count). The lowest BCUT2D eigenvalue weighted by Crippen LogP contribution is -2.29. The molecule has 1 atom stereocenters. The van der Waals surface area contributed by atoms with Gasteiger partial charge in [-0.1, -0.05) is 12.5 Å². The SMILES string of the molecule is CC(NC(=O)c1nnc2n1CCCCC2)c1cccnc1. The molecule has 21 heavy (non-hydrogen) atoms. The predicted octanol–water partition coefficient (Wildman–Crippen LogP) is 1.89. The fourth-order valence-corrected chi connectivity index (χ4v) is 2.63. The number of hydrogen-bond acceptors (Lipinski definition) is 4. The molecule has 0 saturated carbocycles. The molecule has 0 bridgehead atoms. The van der Waals surface area contributed by atoms with Crippen LogP contribution in [-0.4, -0.2) is 25.7 Å². The molecule has 110 valence electrons. The Morgan fingerprint density at radius 1 is 1.33 bits per heavy atom. The van der Waals surface area contributed by atoms with E-state index in [-0.39, 0.29) is 11.9 Å². The van der Waals surface area contributed by atoms with Crippen LogP contribution in [-0.2, 0) is 13.0 Å². The van der Waals surface area contributed by atoms with Crippen molar-refractivity contribution in [2.24, 2.45) is 0 Å². The maximum atomic E-state index is 12.4. The largest absolute Gasteiger partial charge is 0.343 e. The number of carbonyl (C=O) groups is 1. The molecule has 0 aromatic carbocycles. The summed E-state index contributed by atoms with van der Waals surface area (Å²) >= 11 is 0. The third-order valence-corrected chi connectivity index (χ3v) is 3.84. The van der Waals surface area contributed by atoms with Gasteiger partial charge in [0.1, 0.15) is 5.82 Å². The molecular formula is C15H19N5O. The summed E-state index contributed by atoms with van der Waals surface area (Å²) < 4.78 is 1.96. The average Bonchev–Trinajstić information content (AvgIpc) is 2.77. The van der Waals surface area contributed by atoms with E-state index in [1.165, 1.54) is 6.42 Å². The highest BCUT2D eigenvalue weighted by Gasteiger charge is 2.21. The van der Waals surface area contributed by atoms with Gasteiger partial charge in [0.25, 0.3) is 5.91 Å². The van der Waals surface area contributed by atoms with E-state index in [4.69, 9.17) is 0 Å². The van der Waals surface area contributed by atoms with Crippen molar-refractivity contribution < 1.29 is 4.79 Å². The Bertz CT molecular complexity index is 622. The number of nitrogens with one attached hydrogen (secondary N) is 1. The van der Waals surface area contributed by atoms with Crippen LogP contribution in [0.25, 0.3) is 0 Å². The van der Waals surface area contributed by atoms with Crippen LogP contribution in [0.5, 0.6) is 0 Å². The highest BCUT2D eigenvalue weighted by molar-refractivity contribution is 5.91. The Hall–Kier alpha value is -2.24. The summed E-state index contributed by atoms with van der Waals surface area (Å²) in [6.07, 6.45) is 7.75.